The molecule has 0 amide bonds. The molecule has 0 atom stereocenters. The average Bonchev–Trinajstić information content (AvgIpc) is 2.37. The molecule has 1 aromatic carbocycles. The number of hydrogen-bond donors (Lipinski definition) is 0. The number of rotatable bonds is 7. The summed E-state index contributed by atoms with van der Waals surface area (Å²) in [5.41, 5.74) is 0.603. The highest BCUT2D eigenvalue weighted by Crippen LogP contribution is 2.27. The first-order chi connectivity index (χ1) is 9.04. The molecule has 104 valence electrons. The Morgan fingerprint density at radius 1 is 1.42 bits per heavy atom. The molecule has 0 heterocycles. The molecule has 0 saturated carbocycles. The van der Waals surface area contributed by atoms with Crippen LogP contribution in [0.2, 0.25) is 0 Å². The Kier molecular flexibility index (Phi) is 5.78. The molecule has 1 aromatic rings. The van der Waals surface area contributed by atoms with Gasteiger partial charge in [-0.05, 0) is 25.0 Å². The van der Waals surface area contributed by atoms with E-state index >= 15 is 0 Å². The first-order valence-electron chi connectivity index (χ1n) is 6.08. The maximum atomic E-state index is 11.3. The molecule has 0 aromatic heterocycles. The number of benzene rings is 1. The van der Waals surface area contributed by atoms with Crippen LogP contribution in [0, 0.1) is 17.0 Å². The first-order valence-corrected chi connectivity index (χ1v) is 6.08. The smallest absolute Gasteiger partial charge is 0.344 e. The molecular weight excluding hydrogens is 250 g/mol. The molecule has 0 aliphatic heterocycles. The van der Waals surface area contributed by atoms with Gasteiger partial charge in [0.1, 0.15) is 0 Å². The summed E-state index contributed by atoms with van der Waals surface area (Å²) in [6.45, 7) is 3.75. The van der Waals surface area contributed by atoms with E-state index in [9.17, 15) is 14.9 Å². The molecule has 6 nitrogen and oxygen atoms in total. The fourth-order valence-corrected chi connectivity index (χ4v) is 1.40. The third kappa shape index (κ3) is 4.95. The highest BCUT2D eigenvalue weighted by atomic mass is 16.6. The van der Waals surface area contributed by atoms with Gasteiger partial charge in [0, 0.05) is 6.07 Å². The van der Waals surface area contributed by atoms with E-state index in [1.807, 2.05) is 6.92 Å². The number of nitro groups is 1. The van der Waals surface area contributed by atoms with Gasteiger partial charge in [-0.2, -0.15) is 0 Å². The first kappa shape index (κ1) is 14.9. The van der Waals surface area contributed by atoms with Crippen molar-refractivity contribution in [1.82, 2.24) is 0 Å². The van der Waals surface area contributed by atoms with E-state index in [-0.39, 0.29) is 18.0 Å². The molecule has 6 heteroatoms. The second kappa shape index (κ2) is 7.35. The Morgan fingerprint density at radius 2 is 2.16 bits per heavy atom. The van der Waals surface area contributed by atoms with Crippen molar-refractivity contribution < 1.29 is 19.2 Å². The maximum absolute atomic E-state index is 11.3. The Hall–Kier alpha value is -2.11. The van der Waals surface area contributed by atoms with E-state index in [1.165, 1.54) is 12.1 Å². The van der Waals surface area contributed by atoms with Crippen LogP contribution in [0.25, 0.3) is 0 Å². The zero-order valence-electron chi connectivity index (χ0n) is 11.0. The van der Waals surface area contributed by atoms with E-state index in [1.54, 1.807) is 13.0 Å². The highest BCUT2D eigenvalue weighted by molar-refractivity contribution is 5.71. The largest absolute Gasteiger partial charge is 0.475 e. The van der Waals surface area contributed by atoms with Gasteiger partial charge >= 0.3 is 11.7 Å². The minimum atomic E-state index is -0.537. The lowest BCUT2D eigenvalue weighted by atomic mass is 10.2. The zero-order chi connectivity index (χ0) is 14.3. The fraction of sp³-hybridized carbons (Fsp3) is 0.462. The summed E-state index contributed by atoms with van der Waals surface area (Å²) in [6.07, 6.45) is 1.72. The topological polar surface area (TPSA) is 78.7 Å². The Balaban J connectivity index is 2.57. The predicted molar refractivity (Wildman–Crippen MR) is 69.2 cm³/mol. The average molecular weight is 267 g/mol. The molecule has 0 aliphatic carbocycles. The number of hydrogen-bond acceptors (Lipinski definition) is 5. The van der Waals surface area contributed by atoms with E-state index in [2.05, 4.69) is 0 Å². The van der Waals surface area contributed by atoms with Crippen LogP contribution in [0.1, 0.15) is 25.3 Å². The predicted octanol–water partition coefficient (Wildman–Crippen LogP) is 2.63. The van der Waals surface area contributed by atoms with Crippen molar-refractivity contribution in [1.29, 1.82) is 0 Å². The van der Waals surface area contributed by atoms with Crippen LogP contribution >= 0.6 is 0 Å². The molecule has 1 rings (SSSR count). The molecule has 0 radical (unpaired) electrons. The van der Waals surface area contributed by atoms with E-state index in [4.69, 9.17) is 9.47 Å². The second-order valence-corrected chi connectivity index (χ2v) is 4.09. The third-order valence-electron chi connectivity index (χ3n) is 2.42. The van der Waals surface area contributed by atoms with Crippen LogP contribution in [-0.4, -0.2) is 24.1 Å². The summed E-state index contributed by atoms with van der Waals surface area (Å²) in [4.78, 5) is 21.6. The monoisotopic (exact) mass is 267 g/mol. The lowest BCUT2D eigenvalue weighted by Crippen LogP contribution is -2.16. The van der Waals surface area contributed by atoms with Crippen molar-refractivity contribution >= 4 is 11.7 Å². The maximum Gasteiger partial charge on any atom is 0.344 e. The molecule has 19 heavy (non-hydrogen) atoms. The van der Waals surface area contributed by atoms with Crippen LogP contribution < -0.4 is 4.74 Å². The van der Waals surface area contributed by atoms with E-state index in [0.29, 0.717) is 6.61 Å². The van der Waals surface area contributed by atoms with Crippen molar-refractivity contribution in [2.45, 2.75) is 26.7 Å². The van der Waals surface area contributed by atoms with Gasteiger partial charge in [-0.25, -0.2) is 4.79 Å². The summed E-state index contributed by atoms with van der Waals surface area (Å²) < 4.78 is 10.0. The van der Waals surface area contributed by atoms with Gasteiger partial charge in [-0.3, -0.25) is 10.1 Å². The molecule has 0 bridgehead atoms. The molecule has 0 saturated heterocycles. The van der Waals surface area contributed by atoms with Crippen molar-refractivity contribution in [2.75, 3.05) is 13.2 Å². The van der Waals surface area contributed by atoms with Crippen molar-refractivity contribution in [2.24, 2.45) is 0 Å². The van der Waals surface area contributed by atoms with Crippen LogP contribution in [0.4, 0.5) is 5.69 Å². The number of unbranched alkanes of at least 4 members (excludes halogenated alkanes) is 1. The number of carbonyl (C=O) groups is 1. The van der Waals surface area contributed by atoms with Crippen LogP contribution in [0.3, 0.4) is 0 Å². The normalized spacial score (nSPS) is 10.0. The molecule has 0 aliphatic rings. The number of carbonyl (C=O) groups excluding carboxylic acids is 1. The lowest BCUT2D eigenvalue weighted by Gasteiger charge is -2.07. The molecule has 0 unspecified atom stereocenters. The second-order valence-electron chi connectivity index (χ2n) is 4.09. The van der Waals surface area contributed by atoms with Gasteiger partial charge in [-0.1, -0.05) is 19.4 Å². The van der Waals surface area contributed by atoms with E-state index < -0.39 is 10.9 Å². The van der Waals surface area contributed by atoms with Crippen LogP contribution in [0.5, 0.6) is 5.75 Å². The Labute approximate surface area is 111 Å². The zero-order valence-corrected chi connectivity index (χ0v) is 11.0. The lowest BCUT2D eigenvalue weighted by molar-refractivity contribution is -0.385. The SMILES string of the molecule is CCCCOC(=O)COc1ccc(C)cc1[N+](=O)[O-]. The van der Waals surface area contributed by atoms with Gasteiger partial charge in [0.05, 0.1) is 11.5 Å². The minimum Gasteiger partial charge on any atom is -0.475 e. The minimum absolute atomic E-state index is 0.0723. The van der Waals surface area contributed by atoms with Gasteiger partial charge in [0.15, 0.2) is 12.4 Å². The Morgan fingerprint density at radius 3 is 2.79 bits per heavy atom. The molecule has 0 N–H and O–H groups in total. The van der Waals surface area contributed by atoms with Crippen molar-refractivity contribution in [3.05, 3.63) is 33.9 Å². The number of esters is 1. The summed E-state index contributed by atoms with van der Waals surface area (Å²) in [7, 11) is 0. The molecule has 0 spiro atoms. The summed E-state index contributed by atoms with van der Waals surface area (Å²) in [5.74, 6) is -0.452. The van der Waals surface area contributed by atoms with E-state index in [0.717, 1.165) is 18.4 Å². The Bertz CT molecular complexity index is 458. The number of nitro benzene ring substituents is 1. The standard InChI is InChI=1S/C13H17NO5/c1-3-4-7-18-13(15)9-19-12-6-5-10(2)8-11(12)14(16)17/h5-6,8H,3-4,7,9H2,1-2H3. The van der Waals surface area contributed by atoms with Gasteiger partial charge in [0.2, 0.25) is 0 Å². The van der Waals surface area contributed by atoms with Crippen LogP contribution in [-0.2, 0) is 9.53 Å². The van der Waals surface area contributed by atoms with Gasteiger partial charge in [0.25, 0.3) is 0 Å². The fourth-order valence-electron chi connectivity index (χ4n) is 1.40. The summed E-state index contributed by atoms with van der Waals surface area (Å²) in [5, 5.41) is 10.8. The van der Waals surface area contributed by atoms with Crippen molar-refractivity contribution in [3.8, 4) is 5.75 Å². The highest BCUT2D eigenvalue weighted by Gasteiger charge is 2.16. The van der Waals surface area contributed by atoms with Gasteiger partial charge < -0.3 is 9.47 Å². The number of aryl methyl sites for hydroxylation is 1. The van der Waals surface area contributed by atoms with Crippen molar-refractivity contribution in [3.63, 3.8) is 0 Å². The van der Waals surface area contributed by atoms with Crippen LogP contribution in [0.15, 0.2) is 18.2 Å². The molecular formula is C13H17NO5. The summed E-state index contributed by atoms with van der Waals surface area (Å²) in [6, 6.07) is 4.56. The summed E-state index contributed by atoms with van der Waals surface area (Å²) >= 11 is 0. The quantitative estimate of drug-likeness (QED) is 0.328. The number of nitrogens with zero attached hydrogens (tertiary/aromatic N) is 1. The third-order valence-corrected chi connectivity index (χ3v) is 2.42. The number of ether oxygens (including phenoxy) is 2. The molecule has 0 fully saturated rings. The van der Waals surface area contributed by atoms with Gasteiger partial charge in [-0.15, -0.1) is 0 Å².